The summed E-state index contributed by atoms with van der Waals surface area (Å²) in [5, 5.41) is 2.67. The molecule has 0 aromatic heterocycles. The first-order valence-corrected chi connectivity index (χ1v) is 6.45. The molecule has 1 amide bonds. The summed E-state index contributed by atoms with van der Waals surface area (Å²) in [5.74, 6) is 0.603. The normalized spacial score (nSPS) is 10.3. The summed E-state index contributed by atoms with van der Waals surface area (Å²) in [6.45, 7) is 6.51. The maximum atomic E-state index is 11.4. The summed E-state index contributed by atoms with van der Waals surface area (Å²) in [6, 6.07) is 5.68. The summed E-state index contributed by atoms with van der Waals surface area (Å²) in [6.07, 6.45) is 4.85. The zero-order valence-corrected chi connectivity index (χ0v) is 11.9. The molecule has 0 unspecified atom stereocenters. The number of amides is 1. The van der Waals surface area contributed by atoms with Crippen molar-refractivity contribution in [1.82, 2.24) is 5.32 Å². The third-order valence-corrected chi connectivity index (χ3v) is 2.60. The van der Waals surface area contributed by atoms with Gasteiger partial charge in [0.05, 0.1) is 6.61 Å². The van der Waals surface area contributed by atoms with Crippen molar-refractivity contribution in [3.8, 4) is 5.75 Å². The lowest BCUT2D eigenvalue weighted by Gasteiger charge is -2.07. The Morgan fingerprint density at radius 2 is 2.33 bits per heavy atom. The quantitative estimate of drug-likeness (QED) is 0.647. The standard InChI is InChI=1S/C14H16BrNO2/c1-3-9-16-14(17)8-5-11-10-12(15)6-7-13(11)18-4-2/h3,5-8,10H,1,4,9H2,2H3,(H,16,17)/b8-5+. The average molecular weight is 310 g/mol. The van der Waals surface area contributed by atoms with Crippen LogP contribution in [0.4, 0.5) is 0 Å². The molecule has 0 aliphatic rings. The predicted molar refractivity (Wildman–Crippen MR) is 77.6 cm³/mol. The number of hydrogen-bond donors (Lipinski definition) is 1. The molecule has 1 rings (SSSR count). The van der Waals surface area contributed by atoms with E-state index in [0.29, 0.717) is 13.2 Å². The molecule has 0 bridgehead atoms. The van der Waals surface area contributed by atoms with Crippen molar-refractivity contribution < 1.29 is 9.53 Å². The second-order valence-electron chi connectivity index (χ2n) is 3.48. The van der Waals surface area contributed by atoms with Gasteiger partial charge in [-0.1, -0.05) is 22.0 Å². The molecule has 0 atom stereocenters. The number of carbonyl (C=O) groups is 1. The number of hydrogen-bond acceptors (Lipinski definition) is 2. The molecular formula is C14H16BrNO2. The highest BCUT2D eigenvalue weighted by atomic mass is 79.9. The van der Waals surface area contributed by atoms with Crippen molar-refractivity contribution >= 4 is 27.9 Å². The fraction of sp³-hybridized carbons (Fsp3) is 0.214. The first-order valence-electron chi connectivity index (χ1n) is 5.66. The Balaban J connectivity index is 2.81. The van der Waals surface area contributed by atoms with Gasteiger partial charge in [0.15, 0.2) is 0 Å². The second-order valence-corrected chi connectivity index (χ2v) is 4.40. The maximum Gasteiger partial charge on any atom is 0.244 e. The highest BCUT2D eigenvalue weighted by molar-refractivity contribution is 9.10. The van der Waals surface area contributed by atoms with E-state index in [1.165, 1.54) is 6.08 Å². The van der Waals surface area contributed by atoms with Crippen LogP contribution in [0.1, 0.15) is 12.5 Å². The number of ether oxygens (including phenoxy) is 1. The van der Waals surface area contributed by atoms with Gasteiger partial charge < -0.3 is 10.1 Å². The van der Waals surface area contributed by atoms with E-state index in [2.05, 4.69) is 27.8 Å². The number of rotatable bonds is 6. The topological polar surface area (TPSA) is 38.3 Å². The molecule has 18 heavy (non-hydrogen) atoms. The molecule has 0 saturated heterocycles. The fourth-order valence-electron chi connectivity index (χ4n) is 1.33. The first kappa shape index (κ1) is 14.5. The monoisotopic (exact) mass is 309 g/mol. The van der Waals surface area contributed by atoms with Gasteiger partial charge in [0.1, 0.15) is 5.75 Å². The van der Waals surface area contributed by atoms with Gasteiger partial charge in [-0.05, 0) is 31.2 Å². The van der Waals surface area contributed by atoms with Gasteiger partial charge in [-0.15, -0.1) is 6.58 Å². The summed E-state index contributed by atoms with van der Waals surface area (Å²) < 4.78 is 6.43. The van der Waals surface area contributed by atoms with Crippen LogP contribution in [0.15, 0.2) is 41.4 Å². The number of halogens is 1. The van der Waals surface area contributed by atoms with Crippen LogP contribution >= 0.6 is 15.9 Å². The van der Waals surface area contributed by atoms with Gasteiger partial charge in [0, 0.05) is 22.7 Å². The van der Waals surface area contributed by atoms with E-state index in [-0.39, 0.29) is 5.91 Å². The van der Waals surface area contributed by atoms with E-state index in [0.717, 1.165) is 15.8 Å². The molecule has 0 fully saturated rings. The van der Waals surface area contributed by atoms with Crippen LogP contribution < -0.4 is 10.1 Å². The van der Waals surface area contributed by atoms with Crippen molar-refractivity contribution in [2.45, 2.75) is 6.92 Å². The third-order valence-electron chi connectivity index (χ3n) is 2.11. The van der Waals surface area contributed by atoms with Gasteiger partial charge in [-0.25, -0.2) is 0 Å². The summed E-state index contributed by atoms with van der Waals surface area (Å²) >= 11 is 3.39. The Morgan fingerprint density at radius 3 is 3.00 bits per heavy atom. The molecule has 4 heteroatoms. The van der Waals surface area contributed by atoms with Gasteiger partial charge in [-0.2, -0.15) is 0 Å². The van der Waals surface area contributed by atoms with Gasteiger partial charge in [-0.3, -0.25) is 4.79 Å². The Bertz CT molecular complexity index is 455. The van der Waals surface area contributed by atoms with E-state index in [1.807, 2.05) is 25.1 Å². The lowest BCUT2D eigenvalue weighted by molar-refractivity contribution is -0.116. The van der Waals surface area contributed by atoms with E-state index in [1.54, 1.807) is 12.2 Å². The molecule has 3 nitrogen and oxygen atoms in total. The van der Waals surface area contributed by atoms with E-state index < -0.39 is 0 Å². The summed E-state index contributed by atoms with van der Waals surface area (Å²) in [5.41, 5.74) is 0.861. The van der Waals surface area contributed by atoms with E-state index in [4.69, 9.17) is 4.74 Å². The molecular weight excluding hydrogens is 294 g/mol. The zero-order valence-electron chi connectivity index (χ0n) is 10.3. The van der Waals surface area contributed by atoms with Gasteiger partial charge in [0.25, 0.3) is 0 Å². The molecule has 0 aliphatic carbocycles. The van der Waals surface area contributed by atoms with Crippen LogP contribution in [-0.2, 0) is 4.79 Å². The number of carbonyl (C=O) groups excluding carboxylic acids is 1. The lowest BCUT2D eigenvalue weighted by Crippen LogP contribution is -2.20. The number of nitrogens with one attached hydrogen (secondary N) is 1. The number of benzene rings is 1. The minimum Gasteiger partial charge on any atom is -0.493 e. The second kappa shape index (κ2) is 7.71. The highest BCUT2D eigenvalue weighted by Gasteiger charge is 2.02. The van der Waals surface area contributed by atoms with Crippen LogP contribution in [0.3, 0.4) is 0 Å². The van der Waals surface area contributed by atoms with Crippen molar-refractivity contribution in [2.75, 3.05) is 13.2 Å². The third kappa shape index (κ3) is 4.75. The first-order chi connectivity index (χ1) is 8.67. The largest absolute Gasteiger partial charge is 0.493 e. The SMILES string of the molecule is C=CCNC(=O)/C=C/c1cc(Br)ccc1OCC. The predicted octanol–water partition coefficient (Wildman–Crippen LogP) is 3.16. The Labute approximate surface area is 116 Å². The molecule has 0 heterocycles. The minimum atomic E-state index is -0.155. The van der Waals surface area contributed by atoms with Crippen LogP contribution in [0, 0.1) is 0 Å². The van der Waals surface area contributed by atoms with E-state index in [9.17, 15) is 4.79 Å². The summed E-state index contributed by atoms with van der Waals surface area (Å²) in [4.78, 5) is 11.4. The molecule has 0 spiro atoms. The van der Waals surface area contributed by atoms with Crippen LogP contribution in [0.5, 0.6) is 5.75 Å². The molecule has 0 radical (unpaired) electrons. The zero-order chi connectivity index (χ0) is 13.4. The smallest absolute Gasteiger partial charge is 0.244 e. The van der Waals surface area contributed by atoms with Gasteiger partial charge in [0.2, 0.25) is 5.91 Å². The molecule has 0 saturated carbocycles. The van der Waals surface area contributed by atoms with Crippen LogP contribution in [0.25, 0.3) is 6.08 Å². The van der Waals surface area contributed by atoms with Crippen molar-refractivity contribution in [1.29, 1.82) is 0 Å². The van der Waals surface area contributed by atoms with Crippen molar-refractivity contribution in [3.63, 3.8) is 0 Å². The molecule has 96 valence electrons. The van der Waals surface area contributed by atoms with Crippen LogP contribution in [0.2, 0.25) is 0 Å². The average Bonchev–Trinajstić information content (AvgIpc) is 2.36. The van der Waals surface area contributed by atoms with Crippen molar-refractivity contribution in [2.24, 2.45) is 0 Å². The van der Waals surface area contributed by atoms with Crippen LogP contribution in [-0.4, -0.2) is 19.1 Å². The Kier molecular flexibility index (Phi) is 6.22. The highest BCUT2D eigenvalue weighted by Crippen LogP contribution is 2.24. The van der Waals surface area contributed by atoms with E-state index >= 15 is 0 Å². The molecule has 1 aromatic rings. The maximum absolute atomic E-state index is 11.4. The molecule has 0 aliphatic heterocycles. The Hall–Kier alpha value is -1.55. The summed E-state index contributed by atoms with van der Waals surface area (Å²) in [7, 11) is 0. The minimum absolute atomic E-state index is 0.155. The van der Waals surface area contributed by atoms with Crippen molar-refractivity contribution in [3.05, 3.63) is 47.0 Å². The Morgan fingerprint density at radius 1 is 1.56 bits per heavy atom. The van der Waals surface area contributed by atoms with Gasteiger partial charge >= 0.3 is 0 Å². The lowest BCUT2D eigenvalue weighted by atomic mass is 10.2. The molecule has 1 aromatic carbocycles. The molecule has 1 N–H and O–H groups in total. The fourth-order valence-corrected chi connectivity index (χ4v) is 1.71.